The van der Waals surface area contributed by atoms with Gasteiger partial charge >= 0.3 is 6.09 Å². The lowest BCUT2D eigenvalue weighted by atomic mass is 9.98. The number of ether oxygens (including phenoxy) is 1. The van der Waals surface area contributed by atoms with E-state index in [1.165, 1.54) is 5.56 Å². The van der Waals surface area contributed by atoms with Crippen molar-refractivity contribution in [3.8, 4) is 0 Å². The molecule has 126 valence electrons. The number of piperidine rings is 1. The summed E-state index contributed by atoms with van der Waals surface area (Å²) in [6.45, 7) is 7.97. The van der Waals surface area contributed by atoms with Crippen molar-refractivity contribution in [2.24, 2.45) is 5.92 Å². The largest absolute Gasteiger partial charge is 0.447 e. The molecule has 1 aromatic heterocycles. The fourth-order valence-electron chi connectivity index (χ4n) is 3.75. The smallest absolute Gasteiger partial charge is 0.410 e. The Bertz CT molecular complexity index is 512. The van der Waals surface area contributed by atoms with Crippen LogP contribution >= 0.6 is 0 Å². The van der Waals surface area contributed by atoms with Crippen molar-refractivity contribution >= 4 is 6.09 Å². The summed E-state index contributed by atoms with van der Waals surface area (Å²) in [5, 5.41) is 0. The summed E-state index contributed by atoms with van der Waals surface area (Å²) in [4.78, 5) is 20.8. The summed E-state index contributed by atoms with van der Waals surface area (Å²) in [6, 6.07) is 4.70. The highest BCUT2D eigenvalue weighted by molar-refractivity contribution is 5.70. The molecule has 23 heavy (non-hydrogen) atoms. The van der Waals surface area contributed by atoms with E-state index in [1.807, 2.05) is 23.4 Å². The summed E-state index contributed by atoms with van der Waals surface area (Å²) in [5.74, 6) is 0.586. The number of nitrogens with zero attached hydrogens (tertiary/aromatic N) is 3. The first-order chi connectivity index (χ1) is 11.1. The van der Waals surface area contributed by atoms with Crippen LogP contribution in [0.4, 0.5) is 4.79 Å². The molecule has 0 bridgehead atoms. The van der Waals surface area contributed by atoms with Crippen molar-refractivity contribution in [1.29, 1.82) is 0 Å². The second-order valence-electron chi connectivity index (χ2n) is 7.14. The third-order valence-corrected chi connectivity index (χ3v) is 4.83. The van der Waals surface area contributed by atoms with Gasteiger partial charge < -0.3 is 4.74 Å². The van der Waals surface area contributed by atoms with Gasteiger partial charge in [0.05, 0.1) is 6.04 Å². The van der Waals surface area contributed by atoms with E-state index in [9.17, 15) is 4.79 Å². The monoisotopic (exact) mass is 317 g/mol. The summed E-state index contributed by atoms with van der Waals surface area (Å²) >= 11 is 0. The first kappa shape index (κ1) is 16.2. The van der Waals surface area contributed by atoms with E-state index in [2.05, 4.69) is 29.8 Å². The van der Waals surface area contributed by atoms with E-state index in [-0.39, 0.29) is 12.1 Å². The predicted molar refractivity (Wildman–Crippen MR) is 89.0 cm³/mol. The number of carbonyl (C=O) groups excluding carboxylic acids is 1. The Hall–Kier alpha value is -1.62. The van der Waals surface area contributed by atoms with Crippen molar-refractivity contribution in [2.45, 2.75) is 51.7 Å². The molecule has 2 fully saturated rings. The van der Waals surface area contributed by atoms with Crippen LogP contribution in [-0.4, -0.2) is 52.7 Å². The first-order valence-corrected chi connectivity index (χ1v) is 8.70. The van der Waals surface area contributed by atoms with Crippen LogP contribution in [0, 0.1) is 5.92 Å². The standard InChI is InChI=1S/C18H27N3O2/c1-14(2)10-17-13-23-18(22)21(17)16-5-8-20(9-6-16)12-15-4-3-7-19-11-15/h3-4,7,11,14,16-17H,5-6,8-10,12-13H2,1-2H3/t17-/m0/s1. The van der Waals surface area contributed by atoms with E-state index < -0.39 is 0 Å². The van der Waals surface area contributed by atoms with Crippen LogP contribution < -0.4 is 0 Å². The van der Waals surface area contributed by atoms with Crippen LogP contribution in [0.25, 0.3) is 0 Å². The number of hydrogen-bond donors (Lipinski definition) is 0. The molecule has 0 aliphatic carbocycles. The van der Waals surface area contributed by atoms with Crippen LogP contribution in [-0.2, 0) is 11.3 Å². The molecule has 0 saturated carbocycles. The van der Waals surface area contributed by atoms with Crippen LogP contribution in [0.2, 0.25) is 0 Å². The average Bonchev–Trinajstić information content (AvgIpc) is 2.89. The maximum Gasteiger partial charge on any atom is 0.410 e. The van der Waals surface area contributed by atoms with Crippen LogP contribution in [0.3, 0.4) is 0 Å². The molecule has 0 aromatic carbocycles. The minimum atomic E-state index is -0.110. The second kappa shape index (κ2) is 7.30. The third-order valence-electron chi connectivity index (χ3n) is 4.83. The van der Waals surface area contributed by atoms with Crippen molar-refractivity contribution in [3.63, 3.8) is 0 Å². The zero-order chi connectivity index (χ0) is 16.2. The van der Waals surface area contributed by atoms with Gasteiger partial charge in [-0.2, -0.15) is 0 Å². The Morgan fingerprint density at radius 2 is 2.13 bits per heavy atom. The van der Waals surface area contributed by atoms with Gasteiger partial charge in [0.15, 0.2) is 0 Å². The van der Waals surface area contributed by atoms with Gasteiger partial charge in [0.25, 0.3) is 0 Å². The van der Waals surface area contributed by atoms with Crippen molar-refractivity contribution < 1.29 is 9.53 Å². The van der Waals surface area contributed by atoms with Crippen LogP contribution in [0.5, 0.6) is 0 Å². The second-order valence-corrected chi connectivity index (χ2v) is 7.14. The minimum Gasteiger partial charge on any atom is -0.447 e. The molecular weight excluding hydrogens is 290 g/mol. The summed E-state index contributed by atoms with van der Waals surface area (Å²) < 4.78 is 5.32. The van der Waals surface area contributed by atoms with E-state index in [0.717, 1.165) is 38.9 Å². The molecule has 0 N–H and O–H groups in total. The molecule has 1 aromatic rings. The summed E-state index contributed by atoms with van der Waals surface area (Å²) in [7, 11) is 0. The molecule has 5 nitrogen and oxygen atoms in total. The quantitative estimate of drug-likeness (QED) is 0.838. The molecule has 5 heteroatoms. The van der Waals surface area contributed by atoms with Gasteiger partial charge in [-0.05, 0) is 36.8 Å². The molecule has 3 heterocycles. The number of carbonyl (C=O) groups is 1. The Morgan fingerprint density at radius 1 is 1.35 bits per heavy atom. The number of pyridine rings is 1. The molecule has 2 aliphatic rings. The zero-order valence-corrected chi connectivity index (χ0v) is 14.1. The number of likely N-dealkylation sites (tertiary alicyclic amines) is 1. The van der Waals surface area contributed by atoms with E-state index in [0.29, 0.717) is 18.6 Å². The number of aromatic nitrogens is 1. The van der Waals surface area contributed by atoms with Crippen molar-refractivity contribution in [1.82, 2.24) is 14.8 Å². The fourth-order valence-corrected chi connectivity index (χ4v) is 3.75. The van der Waals surface area contributed by atoms with Crippen molar-refractivity contribution in [3.05, 3.63) is 30.1 Å². The molecule has 0 unspecified atom stereocenters. The number of hydrogen-bond acceptors (Lipinski definition) is 4. The van der Waals surface area contributed by atoms with Gasteiger partial charge in [-0.3, -0.25) is 14.8 Å². The average molecular weight is 317 g/mol. The Labute approximate surface area is 138 Å². The van der Waals surface area contributed by atoms with E-state index >= 15 is 0 Å². The Kier molecular flexibility index (Phi) is 5.16. The normalized spacial score (nSPS) is 23.5. The summed E-state index contributed by atoms with van der Waals surface area (Å²) in [6.07, 6.45) is 6.73. The van der Waals surface area contributed by atoms with Crippen LogP contribution in [0.15, 0.2) is 24.5 Å². The highest BCUT2D eigenvalue weighted by Gasteiger charge is 2.39. The SMILES string of the molecule is CC(C)C[C@H]1COC(=O)N1C1CCN(Cc2cccnc2)CC1. The fraction of sp³-hybridized carbons (Fsp3) is 0.667. The lowest BCUT2D eigenvalue weighted by molar-refractivity contribution is 0.100. The number of amides is 1. The maximum absolute atomic E-state index is 12.1. The first-order valence-electron chi connectivity index (χ1n) is 8.70. The van der Waals surface area contributed by atoms with Crippen LogP contribution in [0.1, 0.15) is 38.7 Å². The molecule has 1 amide bonds. The molecule has 0 spiro atoms. The molecule has 0 radical (unpaired) electrons. The van der Waals surface area contributed by atoms with Gasteiger partial charge in [0.1, 0.15) is 6.61 Å². The summed E-state index contributed by atoms with van der Waals surface area (Å²) in [5.41, 5.74) is 1.25. The molecule has 2 saturated heterocycles. The lowest BCUT2D eigenvalue weighted by Gasteiger charge is -2.38. The molecule has 2 aliphatic heterocycles. The number of cyclic esters (lactones) is 1. The Balaban J connectivity index is 1.54. The third kappa shape index (κ3) is 4.02. The molecule has 1 atom stereocenters. The van der Waals surface area contributed by atoms with Gasteiger partial charge in [-0.15, -0.1) is 0 Å². The Morgan fingerprint density at radius 3 is 2.78 bits per heavy atom. The van der Waals surface area contributed by atoms with E-state index in [4.69, 9.17) is 4.74 Å². The highest BCUT2D eigenvalue weighted by atomic mass is 16.6. The van der Waals surface area contributed by atoms with E-state index in [1.54, 1.807) is 0 Å². The predicted octanol–water partition coefficient (Wildman–Crippen LogP) is 2.91. The minimum absolute atomic E-state index is 0.110. The highest BCUT2D eigenvalue weighted by Crippen LogP contribution is 2.27. The lowest BCUT2D eigenvalue weighted by Crippen LogP contribution is -2.48. The molecule has 3 rings (SSSR count). The maximum atomic E-state index is 12.1. The zero-order valence-electron chi connectivity index (χ0n) is 14.1. The van der Waals surface area contributed by atoms with Gasteiger partial charge in [-0.25, -0.2) is 4.79 Å². The van der Waals surface area contributed by atoms with Gasteiger partial charge in [0.2, 0.25) is 0 Å². The number of rotatable bonds is 5. The molecular formula is C18H27N3O2. The van der Waals surface area contributed by atoms with Gasteiger partial charge in [-0.1, -0.05) is 19.9 Å². The van der Waals surface area contributed by atoms with Crippen molar-refractivity contribution in [2.75, 3.05) is 19.7 Å². The van der Waals surface area contributed by atoms with Gasteiger partial charge in [0, 0.05) is 38.1 Å². The topological polar surface area (TPSA) is 45.7 Å².